The lowest BCUT2D eigenvalue weighted by atomic mass is 10.4. The van der Waals surface area contributed by atoms with Crippen LogP contribution in [0.2, 0.25) is 0 Å². The second-order valence-electron chi connectivity index (χ2n) is 3.34. The lowest BCUT2D eigenvalue weighted by Crippen LogP contribution is -2.44. The summed E-state index contributed by atoms with van der Waals surface area (Å²) >= 11 is 0. The molecule has 0 aromatic carbocycles. The Hall–Kier alpha value is -2.16. The van der Waals surface area contributed by atoms with Crippen LogP contribution in [0.25, 0.3) is 0 Å². The van der Waals surface area contributed by atoms with E-state index in [-0.39, 0.29) is 19.6 Å². The highest BCUT2D eigenvalue weighted by Crippen LogP contribution is 1.92. The molecule has 0 aliphatic carbocycles. The summed E-state index contributed by atoms with van der Waals surface area (Å²) in [5.41, 5.74) is 0. The Morgan fingerprint density at radius 1 is 0.842 bits per heavy atom. The van der Waals surface area contributed by atoms with Crippen molar-refractivity contribution in [1.29, 1.82) is 0 Å². The largest absolute Gasteiger partial charge is 0.468 e. The third-order valence-corrected chi connectivity index (χ3v) is 1.95. The van der Waals surface area contributed by atoms with Crippen LogP contribution in [0.1, 0.15) is 0 Å². The van der Waals surface area contributed by atoms with Crippen LogP contribution in [0.3, 0.4) is 0 Å². The van der Waals surface area contributed by atoms with Gasteiger partial charge in [-0.25, -0.2) is 4.79 Å². The highest BCUT2D eigenvalue weighted by atomic mass is 16.5. The Labute approximate surface area is 109 Å². The van der Waals surface area contributed by atoms with Crippen LogP contribution in [-0.2, 0) is 28.6 Å². The molecule has 0 radical (unpaired) electrons. The second kappa shape index (κ2) is 8.86. The second-order valence-corrected chi connectivity index (χ2v) is 3.34. The Morgan fingerprint density at radius 2 is 1.32 bits per heavy atom. The van der Waals surface area contributed by atoms with Gasteiger partial charge in [0.05, 0.1) is 41.0 Å². The average molecular weight is 276 g/mol. The fourth-order valence-corrected chi connectivity index (χ4v) is 1.07. The number of alkyl carbamates (subject to hydrolysis) is 1. The SMILES string of the molecule is COC(=O)CN(CC(=O)NC(=O)OC)CC(=O)OC. The number of esters is 2. The van der Waals surface area contributed by atoms with E-state index in [0.717, 1.165) is 12.0 Å². The minimum absolute atomic E-state index is 0.291. The van der Waals surface area contributed by atoms with E-state index >= 15 is 0 Å². The summed E-state index contributed by atoms with van der Waals surface area (Å²) in [6.07, 6.45) is -0.930. The van der Waals surface area contributed by atoms with Crippen molar-refractivity contribution < 1.29 is 33.4 Å². The lowest BCUT2D eigenvalue weighted by Gasteiger charge is -2.18. The fourth-order valence-electron chi connectivity index (χ4n) is 1.07. The zero-order valence-corrected chi connectivity index (χ0v) is 10.9. The van der Waals surface area contributed by atoms with Gasteiger partial charge in [-0.05, 0) is 0 Å². The maximum atomic E-state index is 11.4. The fraction of sp³-hybridized carbons (Fsp3) is 0.600. The summed E-state index contributed by atoms with van der Waals surface area (Å²) in [6.45, 7) is -0.945. The molecule has 0 unspecified atom stereocenters. The average Bonchev–Trinajstić information content (AvgIpc) is 2.37. The topological polar surface area (TPSA) is 111 Å². The number of rotatable bonds is 6. The van der Waals surface area contributed by atoms with Crippen molar-refractivity contribution in [2.45, 2.75) is 0 Å². The van der Waals surface area contributed by atoms with Gasteiger partial charge in [-0.3, -0.25) is 24.6 Å². The molecule has 0 fully saturated rings. The van der Waals surface area contributed by atoms with Crippen LogP contribution in [0.4, 0.5) is 4.79 Å². The quantitative estimate of drug-likeness (QED) is 0.461. The molecule has 0 heterocycles. The van der Waals surface area contributed by atoms with E-state index in [2.05, 4.69) is 14.2 Å². The summed E-state index contributed by atoms with van der Waals surface area (Å²) in [4.78, 5) is 45.6. The monoisotopic (exact) mass is 276 g/mol. The van der Waals surface area contributed by atoms with Gasteiger partial charge in [0.2, 0.25) is 5.91 Å². The number of ether oxygens (including phenoxy) is 3. The van der Waals surface area contributed by atoms with Crippen molar-refractivity contribution >= 4 is 23.9 Å². The van der Waals surface area contributed by atoms with Crippen molar-refractivity contribution in [3.05, 3.63) is 0 Å². The van der Waals surface area contributed by atoms with Crippen LogP contribution in [0.5, 0.6) is 0 Å². The third kappa shape index (κ3) is 7.71. The number of hydrogen-bond donors (Lipinski definition) is 1. The van der Waals surface area contributed by atoms with Gasteiger partial charge in [-0.15, -0.1) is 0 Å². The minimum atomic E-state index is -0.930. The third-order valence-electron chi connectivity index (χ3n) is 1.95. The van der Waals surface area contributed by atoms with Gasteiger partial charge in [0.1, 0.15) is 0 Å². The standard InChI is InChI=1S/C10H16N2O7/c1-17-8(14)5-12(6-9(15)18-2)4-7(13)11-10(16)19-3/h4-6H2,1-3H3,(H,11,13,16). The normalized spacial score (nSPS) is 9.68. The van der Waals surface area contributed by atoms with Crippen molar-refractivity contribution in [1.82, 2.24) is 10.2 Å². The summed E-state index contributed by atoms with van der Waals surface area (Å²) < 4.78 is 13.1. The highest BCUT2D eigenvalue weighted by Gasteiger charge is 2.19. The Morgan fingerprint density at radius 3 is 1.68 bits per heavy atom. The molecule has 0 spiro atoms. The van der Waals surface area contributed by atoms with Gasteiger partial charge in [-0.2, -0.15) is 0 Å². The smallest absolute Gasteiger partial charge is 0.413 e. The molecule has 1 N–H and O–H groups in total. The molecule has 108 valence electrons. The molecule has 0 atom stereocenters. The Kier molecular flexibility index (Phi) is 7.85. The molecule has 0 aromatic rings. The van der Waals surface area contributed by atoms with Crippen molar-refractivity contribution in [2.24, 2.45) is 0 Å². The molecule has 0 aliphatic heterocycles. The van der Waals surface area contributed by atoms with Gasteiger partial charge < -0.3 is 14.2 Å². The van der Waals surface area contributed by atoms with Crippen LogP contribution >= 0.6 is 0 Å². The molecule has 2 amide bonds. The van der Waals surface area contributed by atoms with E-state index in [9.17, 15) is 19.2 Å². The van der Waals surface area contributed by atoms with Gasteiger partial charge in [0.25, 0.3) is 0 Å². The van der Waals surface area contributed by atoms with E-state index in [1.807, 2.05) is 5.32 Å². The zero-order chi connectivity index (χ0) is 14.8. The maximum Gasteiger partial charge on any atom is 0.413 e. The highest BCUT2D eigenvalue weighted by molar-refractivity contribution is 5.93. The molecule has 0 aromatic heterocycles. The molecule has 0 rings (SSSR count). The molecule has 9 heteroatoms. The number of hydrogen-bond acceptors (Lipinski definition) is 8. The van der Waals surface area contributed by atoms with Crippen molar-refractivity contribution in [3.63, 3.8) is 0 Å². The first kappa shape index (κ1) is 16.8. The van der Waals surface area contributed by atoms with E-state index in [1.165, 1.54) is 14.2 Å². The van der Waals surface area contributed by atoms with E-state index in [0.29, 0.717) is 0 Å². The number of carbonyl (C=O) groups is 4. The zero-order valence-electron chi connectivity index (χ0n) is 10.9. The van der Waals surface area contributed by atoms with E-state index in [1.54, 1.807) is 0 Å². The van der Waals surface area contributed by atoms with Crippen molar-refractivity contribution in [2.75, 3.05) is 41.0 Å². The Balaban J connectivity index is 4.47. The molecule has 9 nitrogen and oxygen atoms in total. The van der Waals surface area contributed by atoms with Crippen LogP contribution in [-0.4, -0.2) is 69.8 Å². The number of nitrogens with zero attached hydrogens (tertiary/aromatic N) is 1. The summed E-state index contributed by atoms with van der Waals surface area (Å²) in [5.74, 6) is -1.98. The molecule has 19 heavy (non-hydrogen) atoms. The van der Waals surface area contributed by atoms with E-state index in [4.69, 9.17) is 0 Å². The van der Waals surface area contributed by atoms with Crippen LogP contribution < -0.4 is 5.32 Å². The van der Waals surface area contributed by atoms with Gasteiger partial charge in [0, 0.05) is 0 Å². The minimum Gasteiger partial charge on any atom is -0.468 e. The first-order valence-corrected chi connectivity index (χ1v) is 5.16. The number of imide groups is 1. The number of carbonyl (C=O) groups excluding carboxylic acids is 4. The summed E-state index contributed by atoms with van der Waals surface area (Å²) in [6, 6.07) is 0. The summed E-state index contributed by atoms with van der Waals surface area (Å²) in [7, 11) is 3.45. The first-order chi connectivity index (χ1) is 8.92. The van der Waals surface area contributed by atoms with Gasteiger partial charge in [-0.1, -0.05) is 0 Å². The molecule has 0 bridgehead atoms. The molecule has 0 saturated heterocycles. The molecule has 0 saturated carbocycles. The predicted octanol–water partition coefficient (Wildman–Crippen LogP) is -1.48. The predicted molar refractivity (Wildman–Crippen MR) is 61.0 cm³/mol. The molecule has 0 aliphatic rings. The maximum absolute atomic E-state index is 11.4. The van der Waals surface area contributed by atoms with Crippen LogP contribution in [0, 0.1) is 0 Å². The lowest BCUT2D eigenvalue weighted by molar-refractivity contribution is -0.145. The summed E-state index contributed by atoms with van der Waals surface area (Å²) in [5, 5.41) is 1.90. The number of amides is 2. The van der Waals surface area contributed by atoms with Gasteiger partial charge >= 0.3 is 18.0 Å². The van der Waals surface area contributed by atoms with Gasteiger partial charge in [0.15, 0.2) is 0 Å². The van der Waals surface area contributed by atoms with E-state index < -0.39 is 23.9 Å². The Bertz CT molecular complexity index is 338. The first-order valence-electron chi connectivity index (χ1n) is 5.16. The molecular formula is C10H16N2O7. The molecular weight excluding hydrogens is 260 g/mol. The number of nitrogens with one attached hydrogen (secondary N) is 1. The van der Waals surface area contributed by atoms with Crippen LogP contribution in [0.15, 0.2) is 0 Å². The number of methoxy groups -OCH3 is 3. The van der Waals surface area contributed by atoms with Crippen molar-refractivity contribution in [3.8, 4) is 0 Å².